The zero-order valence-electron chi connectivity index (χ0n) is 11.4. The molecule has 0 saturated carbocycles. The van der Waals surface area contributed by atoms with Gasteiger partial charge in [-0.3, -0.25) is 0 Å². The van der Waals surface area contributed by atoms with E-state index in [4.69, 9.17) is 9.72 Å². The Bertz CT molecular complexity index is 563. The number of nitrogens with zero attached hydrogens (tertiary/aromatic N) is 3. The molecule has 0 aliphatic carbocycles. The van der Waals surface area contributed by atoms with Crippen molar-refractivity contribution >= 4 is 27.4 Å². The fourth-order valence-corrected chi connectivity index (χ4v) is 3.31. The normalized spacial score (nSPS) is 19.2. The number of fused-ring (bicyclic) bond motifs is 1. The lowest BCUT2D eigenvalue weighted by atomic mass is 10.1. The second-order valence-corrected chi connectivity index (χ2v) is 5.96. The maximum atomic E-state index is 5.45. The molecule has 0 bridgehead atoms. The molecule has 3 rings (SSSR count). The second kappa shape index (κ2) is 5.43. The number of hydrogen-bond acceptors (Lipinski definition) is 5. The SMILES string of the molecule is CCc1nc(N(C)CC2CCOC2)c2ccsc2n1. The quantitative estimate of drug-likeness (QED) is 0.861. The largest absolute Gasteiger partial charge is 0.381 e. The fraction of sp³-hybridized carbons (Fsp3) is 0.571. The first-order valence-electron chi connectivity index (χ1n) is 6.81. The zero-order chi connectivity index (χ0) is 13.2. The minimum absolute atomic E-state index is 0.624. The van der Waals surface area contributed by atoms with E-state index in [9.17, 15) is 0 Å². The Kier molecular flexibility index (Phi) is 3.66. The number of hydrogen-bond donors (Lipinski definition) is 0. The number of anilines is 1. The Morgan fingerprint density at radius 1 is 1.47 bits per heavy atom. The second-order valence-electron chi connectivity index (χ2n) is 5.07. The van der Waals surface area contributed by atoms with Crippen molar-refractivity contribution in [2.45, 2.75) is 19.8 Å². The summed E-state index contributed by atoms with van der Waals surface area (Å²) in [6.07, 6.45) is 2.03. The van der Waals surface area contributed by atoms with Crippen molar-refractivity contribution in [3.05, 3.63) is 17.3 Å². The van der Waals surface area contributed by atoms with Crippen LogP contribution in [0.1, 0.15) is 19.2 Å². The third kappa shape index (κ3) is 2.58. The van der Waals surface area contributed by atoms with Gasteiger partial charge in [0.2, 0.25) is 0 Å². The van der Waals surface area contributed by atoms with E-state index >= 15 is 0 Å². The van der Waals surface area contributed by atoms with Crippen LogP contribution in [0.2, 0.25) is 0 Å². The highest BCUT2D eigenvalue weighted by molar-refractivity contribution is 7.16. The van der Waals surface area contributed by atoms with Gasteiger partial charge in [-0.05, 0) is 17.9 Å². The lowest BCUT2D eigenvalue weighted by molar-refractivity contribution is 0.186. The van der Waals surface area contributed by atoms with Crippen LogP contribution in [0.3, 0.4) is 0 Å². The smallest absolute Gasteiger partial charge is 0.140 e. The van der Waals surface area contributed by atoms with Crippen molar-refractivity contribution in [2.24, 2.45) is 5.92 Å². The number of rotatable bonds is 4. The van der Waals surface area contributed by atoms with Gasteiger partial charge >= 0.3 is 0 Å². The van der Waals surface area contributed by atoms with Crippen molar-refractivity contribution in [3.63, 3.8) is 0 Å². The average molecular weight is 277 g/mol. The summed E-state index contributed by atoms with van der Waals surface area (Å²) >= 11 is 1.69. The van der Waals surface area contributed by atoms with Gasteiger partial charge in [0.05, 0.1) is 12.0 Å². The molecule has 0 aromatic carbocycles. The number of thiophene rings is 1. The van der Waals surface area contributed by atoms with Gasteiger partial charge in [-0.1, -0.05) is 6.92 Å². The van der Waals surface area contributed by atoms with Gasteiger partial charge in [0.15, 0.2) is 0 Å². The fourth-order valence-electron chi connectivity index (χ4n) is 2.53. The third-order valence-electron chi connectivity index (χ3n) is 3.59. The van der Waals surface area contributed by atoms with Crippen LogP contribution in [0.15, 0.2) is 11.4 Å². The average Bonchev–Trinajstić information content (AvgIpc) is 3.07. The minimum atomic E-state index is 0.624. The standard InChI is InChI=1S/C14H19N3OS/c1-3-12-15-13(11-5-7-19-14(11)16-12)17(2)8-10-4-6-18-9-10/h5,7,10H,3-4,6,8-9H2,1-2H3. The summed E-state index contributed by atoms with van der Waals surface area (Å²) in [6.45, 7) is 4.88. The molecule has 0 amide bonds. The summed E-state index contributed by atoms with van der Waals surface area (Å²) in [5, 5.41) is 3.26. The molecular weight excluding hydrogens is 258 g/mol. The van der Waals surface area contributed by atoms with Crippen LogP contribution in [0, 0.1) is 5.92 Å². The van der Waals surface area contributed by atoms with Gasteiger partial charge in [-0.25, -0.2) is 9.97 Å². The molecule has 102 valence electrons. The summed E-state index contributed by atoms with van der Waals surface area (Å²) < 4.78 is 5.45. The van der Waals surface area contributed by atoms with E-state index in [1.807, 2.05) is 0 Å². The van der Waals surface area contributed by atoms with Crippen LogP contribution < -0.4 is 4.90 Å². The van der Waals surface area contributed by atoms with Crippen LogP contribution in [0.5, 0.6) is 0 Å². The summed E-state index contributed by atoms with van der Waals surface area (Å²) in [5.74, 6) is 2.62. The Morgan fingerprint density at radius 3 is 3.11 bits per heavy atom. The van der Waals surface area contributed by atoms with E-state index in [1.165, 1.54) is 5.39 Å². The molecule has 1 aliphatic rings. The van der Waals surface area contributed by atoms with Crippen molar-refractivity contribution in [2.75, 3.05) is 31.7 Å². The molecule has 0 spiro atoms. The van der Waals surface area contributed by atoms with E-state index in [2.05, 4.69) is 35.3 Å². The first-order chi connectivity index (χ1) is 9.28. The molecule has 1 unspecified atom stereocenters. The Morgan fingerprint density at radius 2 is 2.37 bits per heavy atom. The van der Waals surface area contributed by atoms with Gasteiger partial charge in [0, 0.05) is 32.5 Å². The first-order valence-corrected chi connectivity index (χ1v) is 7.69. The molecular formula is C14H19N3OS. The van der Waals surface area contributed by atoms with Gasteiger partial charge in [-0.2, -0.15) is 0 Å². The highest BCUT2D eigenvalue weighted by Gasteiger charge is 2.20. The van der Waals surface area contributed by atoms with Gasteiger partial charge in [-0.15, -0.1) is 11.3 Å². The Hall–Kier alpha value is -1.20. The predicted molar refractivity (Wildman–Crippen MR) is 79.0 cm³/mol. The van der Waals surface area contributed by atoms with E-state index in [0.29, 0.717) is 5.92 Å². The molecule has 1 aliphatic heterocycles. The van der Waals surface area contributed by atoms with Crippen molar-refractivity contribution in [1.82, 2.24) is 9.97 Å². The molecule has 0 radical (unpaired) electrons. The summed E-state index contributed by atoms with van der Waals surface area (Å²) in [7, 11) is 2.12. The zero-order valence-corrected chi connectivity index (χ0v) is 12.2. The maximum Gasteiger partial charge on any atom is 0.140 e. The Labute approximate surface area is 117 Å². The van der Waals surface area contributed by atoms with Crippen LogP contribution in [0.25, 0.3) is 10.2 Å². The van der Waals surface area contributed by atoms with Crippen LogP contribution in [-0.2, 0) is 11.2 Å². The number of ether oxygens (including phenoxy) is 1. The Balaban J connectivity index is 1.90. The molecule has 4 nitrogen and oxygen atoms in total. The molecule has 1 fully saturated rings. The van der Waals surface area contributed by atoms with Crippen LogP contribution in [0.4, 0.5) is 5.82 Å². The highest BCUT2D eigenvalue weighted by Crippen LogP contribution is 2.28. The maximum absolute atomic E-state index is 5.45. The molecule has 2 aromatic rings. The predicted octanol–water partition coefficient (Wildman–Crippen LogP) is 2.73. The van der Waals surface area contributed by atoms with Gasteiger partial charge in [0.25, 0.3) is 0 Å². The van der Waals surface area contributed by atoms with E-state index in [1.54, 1.807) is 11.3 Å². The lowest BCUT2D eigenvalue weighted by Crippen LogP contribution is -2.27. The molecule has 5 heteroatoms. The topological polar surface area (TPSA) is 38.2 Å². The van der Waals surface area contributed by atoms with Crippen LogP contribution >= 0.6 is 11.3 Å². The van der Waals surface area contributed by atoms with Gasteiger partial charge < -0.3 is 9.64 Å². The molecule has 1 saturated heterocycles. The number of aryl methyl sites for hydroxylation is 1. The monoisotopic (exact) mass is 277 g/mol. The van der Waals surface area contributed by atoms with E-state index in [-0.39, 0.29) is 0 Å². The summed E-state index contributed by atoms with van der Waals surface area (Å²) in [6, 6.07) is 2.12. The molecule has 1 atom stereocenters. The number of aromatic nitrogens is 2. The highest BCUT2D eigenvalue weighted by atomic mass is 32.1. The third-order valence-corrected chi connectivity index (χ3v) is 4.39. The van der Waals surface area contributed by atoms with E-state index < -0.39 is 0 Å². The lowest BCUT2D eigenvalue weighted by Gasteiger charge is -2.22. The van der Waals surface area contributed by atoms with Gasteiger partial charge in [0.1, 0.15) is 16.5 Å². The molecule has 2 aromatic heterocycles. The molecule has 3 heterocycles. The van der Waals surface area contributed by atoms with E-state index in [0.717, 1.165) is 49.1 Å². The summed E-state index contributed by atoms with van der Waals surface area (Å²) in [5.41, 5.74) is 0. The summed E-state index contributed by atoms with van der Waals surface area (Å²) in [4.78, 5) is 12.7. The first kappa shape index (κ1) is 12.8. The van der Waals surface area contributed by atoms with Crippen molar-refractivity contribution in [1.29, 1.82) is 0 Å². The molecule has 19 heavy (non-hydrogen) atoms. The minimum Gasteiger partial charge on any atom is -0.381 e. The van der Waals surface area contributed by atoms with Crippen molar-refractivity contribution < 1.29 is 4.74 Å². The van der Waals surface area contributed by atoms with Crippen molar-refractivity contribution in [3.8, 4) is 0 Å². The molecule has 0 N–H and O–H groups in total. The van der Waals surface area contributed by atoms with Crippen LogP contribution in [-0.4, -0.2) is 36.8 Å².